The summed E-state index contributed by atoms with van der Waals surface area (Å²) in [7, 11) is 2.05. The van der Waals surface area contributed by atoms with Gasteiger partial charge in [-0.25, -0.2) is 9.97 Å². The first-order valence-corrected chi connectivity index (χ1v) is 7.58. The van der Waals surface area contributed by atoms with Crippen molar-refractivity contribution < 1.29 is 13.2 Å². The van der Waals surface area contributed by atoms with Crippen molar-refractivity contribution in [3.05, 3.63) is 30.1 Å². The average Bonchev–Trinajstić information content (AvgIpc) is 3.03. The summed E-state index contributed by atoms with van der Waals surface area (Å²) < 4.78 is 40.4. The number of hydrogen-bond acceptors (Lipinski definition) is 5. The number of nitrogens with zero attached hydrogens (tertiary/aromatic N) is 6. The molecule has 1 aliphatic rings. The van der Waals surface area contributed by atoms with Gasteiger partial charge in [-0.1, -0.05) is 0 Å². The molecule has 0 radical (unpaired) electrons. The summed E-state index contributed by atoms with van der Waals surface area (Å²) in [4.78, 5) is 13.0. The molecule has 3 heterocycles. The molecule has 6 nitrogen and oxygen atoms in total. The number of hydrogen-bond donors (Lipinski definition) is 0. The van der Waals surface area contributed by atoms with Crippen LogP contribution in [0.5, 0.6) is 0 Å². The Morgan fingerprint density at radius 3 is 2.54 bits per heavy atom. The number of halogens is 3. The van der Waals surface area contributed by atoms with E-state index in [0.29, 0.717) is 22.5 Å². The predicted molar refractivity (Wildman–Crippen MR) is 83.0 cm³/mol. The van der Waals surface area contributed by atoms with Crippen LogP contribution in [0.25, 0.3) is 16.6 Å². The van der Waals surface area contributed by atoms with Crippen molar-refractivity contribution >= 4 is 22.5 Å². The fourth-order valence-corrected chi connectivity index (χ4v) is 2.93. The lowest BCUT2D eigenvalue weighted by Gasteiger charge is -2.33. The highest BCUT2D eigenvalue weighted by atomic mass is 19.4. The molecule has 3 aromatic rings. The summed E-state index contributed by atoms with van der Waals surface area (Å²) >= 11 is 0. The Balaban J connectivity index is 1.88. The van der Waals surface area contributed by atoms with Crippen LogP contribution in [0.3, 0.4) is 0 Å². The fraction of sp³-hybridized carbons (Fsp3) is 0.400. The molecule has 1 saturated heterocycles. The maximum Gasteiger partial charge on any atom is 0.416 e. The molecule has 1 aromatic carbocycles. The molecule has 0 unspecified atom stereocenters. The van der Waals surface area contributed by atoms with E-state index in [4.69, 9.17) is 0 Å². The lowest BCUT2D eigenvalue weighted by Crippen LogP contribution is -2.45. The predicted octanol–water partition coefficient (Wildman–Crippen LogP) is 2.05. The number of likely N-dealkylation sites (N-methyl/N-ethyl adjacent to an activating group) is 1. The molecule has 1 fully saturated rings. The zero-order valence-corrected chi connectivity index (χ0v) is 13.0. The van der Waals surface area contributed by atoms with Gasteiger partial charge in [-0.3, -0.25) is 0 Å². The minimum atomic E-state index is -4.40. The Hall–Kier alpha value is -2.42. The molecule has 24 heavy (non-hydrogen) atoms. The van der Waals surface area contributed by atoms with E-state index >= 15 is 0 Å². The van der Waals surface area contributed by atoms with Gasteiger partial charge in [-0.15, -0.1) is 0 Å². The molecule has 126 valence electrons. The first-order chi connectivity index (χ1) is 11.4. The van der Waals surface area contributed by atoms with Crippen molar-refractivity contribution in [1.29, 1.82) is 0 Å². The molecule has 0 bridgehead atoms. The third kappa shape index (κ3) is 2.44. The lowest BCUT2D eigenvalue weighted by molar-refractivity contribution is -0.137. The first-order valence-electron chi connectivity index (χ1n) is 7.58. The number of rotatable bonds is 1. The highest BCUT2D eigenvalue weighted by Gasteiger charge is 2.31. The zero-order valence-electron chi connectivity index (χ0n) is 13.0. The second kappa shape index (κ2) is 5.30. The van der Waals surface area contributed by atoms with Crippen LogP contribution in [0.4, 0.5) is 19.1 Å². The highest BCUT2D eigenvalue weighted by Crippen LogP contribution is 2.32. The number of piperazine rings is 1. The second-order valence-corrected chi connectivity index (χ2v) is 5.93. The number of anilines is 1. The summed E-state index contributed by atoms with van der Waals surface area (Å²) in [6.45, 7) is 3.35. The van der Waals surface area contributed by atoms with Gasteiger partial charge in [0, 0.05) is 31.6 Å². The van der Waals surface area contributed by atoms with E-state index < -0.39 is 11.7 Å². The van der Waals surface area contributed by atoms with Crippen LogP contribution in [0.15, 0.2) is 24.5 Å². The normalized spacial score (nSPS) is 17.1. The molecular weight excluding hydrogens is 321 g/mol. The molecule has 4 rings (SSSR count). The maximum absolute atomic E-state index is 13.0. The first kappa shape index (κ1) is 15.1. The van der Waals surface area contributed by atoms with Crippen LogP contribution in [0.2, 0.25) is 0 Å². The van der Waals surface area contributed by atoms with Crippen molar-refractivity contribution in [2.75, 3.05) is 38.1 Å². The number of fused-ring (bicyclic) bond motifs is 3. The van der Waals surface area contributed by atoms with Crippen LogP contribution in [-0.4, -0.2) is 57.7 Å². The fourth-order valence-electron chi connectivity index (χ4n) is 2.93. The molecule has 0 amide bonds. The van der Waals surface area contributed by atoms with Crippen LogP contribution in [0, 0.1) is 0 Å². The minimum Gasteiger partial charge on any atom is -0.338 e. The second-order valence-electron chi connectivity index (χ2n) is 5.93. The third-order valence-corrected chi connectivity index (χ3v) is 4.31. The largest absolute Gasteiger partial charge is 0.416 e. The van der Waals surface area contributed by atoms with E-state index in [2.05, 4.69) is 31.9 Å². The van der Waals surface area contributed by atoms with Gasteiger partial charge >= 0.3 is 6.18 Å². The van der Waals surface area contributed by atoms with Gasteiger partial charge in [0.25, 0.3) is 0 Å². The van der Waals surface area contributed by atoms with Gasteiger partial charge < -0.3 is 9.80 Å². The highest BCUT2D eigenvalue weighted by molar-refractivity contribution is 5.92. The lowest BCUT2D eigenvalue weighted by atomic mass is 10.1. The minimum absolute atomic E-state index is 0.347. The van der Waals surface area contributed by atoms with E-state index in [9.17, 15) is 13.2 Å². The van der Waals surface area contributed by atoms with Crippen molar-refractivity contribution in [2.24, 2.45) is 0 Å². The Kier molecular flexibility index (Phi) is 3.34. The number of alkyl halides is 3. The van der Waals surface area contributed by atoms with Crippen LogP contribution >= 0.6 is 0 Å². The quantitative estimate of drug-likeness (QED) is 0.681. The summed E-state index contributed by atoms with van der Waals surface area (Å²) in [6.07, 6.45) is -3.06. The maximum atomic E-state index is 13.0. The van der Waals surface area contributed by atoms with Crippen LogP contribution in [0.1, 0.15) is 5.56 Å². The molecule has 0 saturated carbocycles. The van der Waals surface area contributed by atoms with Crippen molar-refractivity contribution in [2.45, 2.75) is 6.18 Å². The van der Waals surface area contributed by atoms with Crippen molar-refractivity contribution in [3.63, 3.8) is 0 Å². The molecule has 1 aliphatic heterocycles. The third-order valence-electron chi connectivity index (χ3n) is 4.31. The number of aromatic nitrogens is 4. The van der Waals surface area contributed by atoms with E-state index in [-0.39, 0.29) is 0 Å². The van der Waals surface area contributed by atoms with E-state index in [1.165, 1.54) is 16.9 Å². The molecule has 2 aromatic heterocycles. The van der Waals surface area contributed by atoms with E-state index in [1.807, 2.05) is 0 Å². The smallest absolute Gasteiger partial charge is 0.338 e. The van der Waals surface area contributed by atoms with Crippen molar-refractivity contribution in [3.8, 4) is 0 Å². The average molecular weight is 336 g/mol. The summed E-state index contributed by atoms with van der Waals surface area (Å²) in [6, 6.07) is 3.53. The van der Waals surface area contributed by atoms with Gasteiger partial charge in [0.1, 0.15) is 6.33 Å². The standard InChI is InChI=1S/C15H15F3N6/c1-22-4-6-23(7-5-22)14-21-12-3-2-10(15(16,17)18)8-11(12)13-19-9-20-24(13)14/h2-3,8-9H,4-7H2,1H3. The Morgan fingerprint density at radius 2 is 1.83 bits per heavy atom. The summed E-state index contributed by atoms with van der Waals surface area (Å²) in [5.74, 6) is 0.614. The zero-order chi connectivity index (χ0) is 16.9. The summed E-state index contributed by atoms with van der Waals surface area (Å²) in [5.41, 5.74) is 0.159. The number of benzene rings is 1. The topological polar surface area (TPSA) is 49.6 Å². The van der Waals surface area contributed by atoms with Gasteiger partial charge in [0.15, 0.2) is 5.65 Å². The monoisotopic (exact) mass is 336 g/mol. The molecule has 0 atom stereocenters. The van der Waals surface area contributed by atoms with Gasteiger partial charge in [-0.05, 0) is 25.2 Å². The van der Waals surface area contributed by atoms with Crippen molar-refractivity contribution in [1.82, 2.24) is 24.5 Å². The molecule has 0 aliphatic carbocycles. The SMILES string of the molecule is CN1CCN(c2nc3ccc(C(F)(F)F)cc3c3ncnn23)CC1. The molecule has 0 N–H and O–H groups in total. The van der Waals surface area contributed by atoms with E-state index in [1.54, 1.807) is 0 Å². The van der Waals surface area contributed by atoms with Gasteiger partial charge in [-0.2, -0.15) is 22.8 Å². The van der Waals surface area contributed by atoms with Gasteiger partial charge in [0.2, 0.25) is 5.95 Å². The molecule has 9 heteroatoms. The van der Waals surface area contributed by atoms with Crippen LogP contribution in [-0.2, 0) is 6.18 Å². The van der Waals surface area contributed by atoms with E-state index in [0.717, 1.165) is 38.3 Å². The Morgan fingerprint density at radius 1 is 1.08 bits per heavy atom. The molecule has 0 spiro atoms. The Labute approximate surface area is 135 Å². The summed E-state index contributed by atoms with van der Waals surface area (Å²) in [5, 5.41) is 4.51. The Bertz CT molecular complexity index is 895. The van der Waals surface area contributed by atoms with Crippen LogP contribution < -0.4 is 4.90 Å². The van der Waals surface area contributed by atoms with Gasteiger partial charge in [0.05, 0.1) is 11.1 Å². The molecular formula is C15H15F3N6.